The summed E-state index contributed by atoms with van der Waals surface area (Å²) in [4.78, 5) is 12.4. The fourth-order valence-electron chi connectivity index (χ4n) is 3.83. The van der Waals surface area contributed by atoms with Gasteiger partial charge < -0.3 is 9.15 Å². The smallest absolute Gasteiger partial charge is 0.316 e. The van der Waals surface area contributed by atoms with Crippen LogP contribution < -0.4 is 0 Å². The van der Waals surface area contributed by atoms with Crippen LogP contribution in [0.5, 0.6) is 0 Å². The summed E-state index contributed by atoms with van der Waals surface area (Å²) in [5.41, 5.74) is 3.29. The number of carbonyl (C=O) groups excluding carboxylic acids is 1. The summed E-state index contributed by atoms with van der Waals surface area (Å²) in [5.74, 6) is 2.03. The van der Waals surface area contributed by atoms with E-state index in [2.05, 4.69) is 44.8 Å². The summed E-state index contributed by atoms with van der Waals surface area (Å²) in [6.07, 6.45) is 3.32. The van der Waals surface area contributed by atoms with Crippen LogP contribution in [0, 0.1) is 31.6 Å². The van der Waals surface area contributed by atoms with Gasteiger partial charge in [0, 0.05) is 5.56 Å². The van der Waals surface area contributed by atoms with Gasteiger partial charge in [-0.3, -0.25) is 4.79 Å². The van der Waals surface area contributed by atoms with Gasteiger partial charge in [-0.05, 0) is 67.7 Å². The molecule has 0 spiro atoms. The van der Waals surface area contributed by atoms with Crippen molar-refractivity contribution in [3.63, 3.8) is 0 Å². The quantitative estimate of drug-likeness (QED) is 0.473. The molecule has 0 saturated heterocycles. The van der Waals surface area contributed by atoms with Gasteiger partial charge in [0.25, 0.3) is 5.22 Å². The number of carbonyl (C=O) groups is 1. The molecule has 0 bridgehead atoms. The van der Waals surface area contributed by atoms with Crippen LogP contribution in [0.3, 0.4) is 0 Å². The molecule has 0 amide bonds. The zero-order valence-corrected chi connectivity index (χ0v) is 18.2. The van der Waals surface area contributed by atoms with Crippen molar-refractivity contribution >= 4 is 17.7 Å². The van der Waals surface area contributed by atoms with Gasteiger partial charge in [-0.15, -0.1) is 10.2 Å². The van der Waals surface area contributed by atoms with Crippen LogP contribution in [-0.4, -0.2) is 28.0 Å². The Hall–Kier alpha value is -1.82. The molecular formula is C22H30N2O3S. The molecule has 2 aromatic rings. The lowest BCUT2D eigenvalue weighted by molar-refractivity contribution is -0.152. The summed E-state index contributed by atoms with van der Waals surface area (Å²) >= 11 is 1.24. The predicted octanol–water partition coefficient (Wildman–Crippen LogP) is 5.45. The largest absolute Gasteiger partial charge is 0.461 e. The van der Waals surface area contributed by atoms with Gasteiger partial charge in [-0.1, -0.05) is 45.0 Å². The molecular weight excluding hydrogens is 372 g/mol. The molecule has 5 nitrogen and oxygen atoms in total. The summed E-state index contributed by atoms with van der Waals surface area (Å²) in [6, 6.07) is 6.03. The van der Waals surface area contributed by atoms with Crippen molar-refractivity contribution in [1.29, 1.82) is 0 Å². The average molecular weight is 403 g/mol. The Bertz CT molecular complexity index is 818. The molecule has 152 valence electrons. The highest BCUT2D eigenvalue weighted by Crippen LogP contribution is 2.35. The van der Waals surface area contributed by atoms with E-state index in [4.69, 9.17) is 9.15 Å². The van der Waals surface area contributed by atoms with Crippen LogP contribution in [-0.2, 0) is 9.53 Å². The van der Waals surface area contributed by atoms with Gasteiger partial charge in [-0.2, -0.15) is 0 Å². The second-order valence-electron chi connectivity index (χ2n) is 8.32. The third-order valence-electron chi connectivity index (χ3n) is 5.72. The Morgan fingerprint density at radius 3 is 2.75 bits per heavy atom. The highest BCUT2D eigenvalue weighted by atomic mass is 32.2. The van der Waals surface area contributed by atoms with Crippen molar-refractivity contribution in [2.24, 2.45) is 17.8 Å². The van der Waals surface area contributed by atoms with Crippen LogP contribution in [0.15, 0.2) is 27.8 Å². The Morgan fingerprint density at radius 1 is 1.25 bits per heavy atom. The first-order chi connectivity index (χ1) is 13.3. The number of benzene rings is 1. The Balaban J connectivity index is 1.56. The molecule has 1 heterocycles. The molecule has 0 N–H and O–H groups in total. The number of aromatic nitrogens is 2. The fraction of sp³-hybridized carbons (Fsp3) is 0.591. The van der Waals surface area contributed by atoms with E-state index in [0.717, 1.165) is 18.4 Å². The molecule has 1 fully saturated rings. The first-order valence-electron chi connectivity index (χ1n) is 10.1. The SMILES string of the molecule is Cc1ccc(-c2nnc(SCC(=O)O[C@@H]3C[C@H](C)CC[C@@H]3C(C)C)o2)cc1C. The molecule has 28 heavy (non-hydrogen) atoms. The molecule has 1 aromatic heterocycles. The van der Waals surface area contributed by atoms with E-state index in [0.29, 0.717) is 28.9 Å². The van der Waals surface area contributed by atoms with Gasteiger partial charge in [0.15, 0.2) is 0 Å². The summed E-state index contributed by atoms with van der Waals surface area (Å²) < 4.78 is 11.5. The molecule has 1 aliphatic carbocycles. The number of thioether (sulfide) groups is 1. The Kier molecular flexibility index (Phi) is 6.81. The van der Waals surface area contributed by atoms with E-state index in [1.807, 2.05) is 18.2 Å². The first kappa shape index (κ1) is 20.9. The van der Waals surface area contributed by atoms with E-state index in [1.165, 1.54) is 29.3 Å². The number of hydrogen-bond acceptors (Lipinski definition) is 6. The van der Waals surface area contributed by atoms with E-state index in [-0.39, 0.29) is 17.8 Å². The Labute approximate surface area is 171 Å². The average Bonchev–Trinajstić information content (AvgIpc) is 3.11. The van der Waals surface area contributed by atoms with Crippen molar-refractivity contribution in [2.45, 2.75) is 65.2 Å². The minimum atomic E-state index is -0.208. The van der Waals surface area contributed by atoms with E-state index < -0.39 is 0 Å². The maximum Gasteiger partial charge on any atom is 0.316 e. The number of aryl methyl sites for hydroxylation is 2. The van der Waals surface area contributed by atoms with Crippen LogP contribution in [0.4, 0.5) is 0 Å². The van der Waals surface area contributed by atoms with E-state index in [9.17, 15) is 4.79 Å². The van der Waals surface area contributed by atoms with Gasteiger partial charge >= 0.3 is 5.97 Å². The van der Waals surface area contributed by atoms with Gasteiger partial charge in [0.2, 0.25) is 5.89 Å². The lowest BCUT2D eigenvalue weighted by atomic mass is 9.75. The van der Waals surface area contributed by atoms with Crippen LogP contribution in [0.25, 0.3) is 11.5 Å². The molecule has 3 rings (SSSR count). The molecule has 0 aliphatic heterocycles. The highest BCUT2D eigenvalue weighted by molar-refractivity contribution is 7.99. The van der Waals surface area contributed by atoms with Crippen LogP contribution in [0.2, 0.25) is 0 Å². The number of ether oxygens (including phenoxy) is 1. The van der Waals surface area contributed by atoms with Crippen molar-refractivity contribution in [2.75, 3.05) is 5.75 Å². The lowest BCUT2D eigenvalue weighted by Gasteiger charge is -2.36. The lowest BCUT2D eigenvalue weighted by Crippen LogP contribution is -2.36. The third-order valence-corrected chi connectivity index (χ3v) is 6.51. The van der Waals surface area contributed by atoms with Gasteiger partial charge in [-0.25, -0.2) is 0 Å². The van der Waals surface area contributed by atoms with Gasteiger partial charge in [0.1, 0.15) is 11.9 Å². The minimum absolute atomic E-state index is 0.0191. The number of rotatable bonds is 6. The van der Waals surface area contributed by atoms with Crippen molar-refractivity contribution in [1.82, 2.24) is 10.2 Å². The van der Waals surface area contributed by atoms with Crippen molar-refractivity contribution in [3.8, 4) is 11.5 Å². The van der Waals surface area contributed by atoms with Crippen LogP contribution in [0.1, 0.15) is 51.2 Å². The molecule has 3 atom stereocenters. The van der Waals surface area contributed by atoms with Crippen LogP contribution >= 0.6 is 11.8 Å². The number of hydrogen-bond donors (Lipinski definition) is 0. The molecule has 1 aromatic carbocycles. The highest BCUT2D eigenvalue weighted by Gasteiger charge is 2.33. The standard InChI is InChI=1S/C22H30N2O3S/c1-13(2)18-9-6-14(3)10-19(18)26-20(25)12-28-22-24-23-21(27-22)17-8-7-15(4)16(5)11-17/h7-8,11,13-14,18-19H,6,9-10,12H2,1-5H3/t14-,18-,19-/m1/s1. The zero-order chi connectivity index (χ0) is 20.3. The summed E-state index contributed by atoms with van der Waals surface area (Å²) in [5, 5.41) is 8.55. The second kappa shape index (κ2) is 9.12. The molecule has 6 heteroatoms. The minimum Gasteiger partial charge on any atom is -0.461 e. The molecule has 1 saturated carbocycles. The second-order valence-corrected chi connectivity index (χ2v) is 9.24. The van der Waals surface area contributed by atoms with E-state index in [1.54, 1.807) is 0 Å². The molecule has 0 radical (unpaired) electrons. The predicted molar refractivity (Wildman–Crippen MR) is 111 cm³/mol. The summed E-state index contributed by atoms with van der Waals surface area (Å²) in [6.45, 7) is 10.8. The number of esters is 1. The third kappa shape index (κ3) is 5.16. The topological polar surface area (TPSA) is 65.2 Å². The van der Waals surface area contributed by atoms with Crippen molar-refractivity contribution < 1.29 is 13.9 Å². The number of nitrogens with zero attached hydrogens (tertiary/aromatic N) is 2. The monoisotopic (exact) mass is 402 g/mol. The maximum absolute atomic E-state index is 12.4. The fourth-order valence-corrected chi connectivity index (χ4v) is 4.38. The summed E-state index contributed by atoms with van der Waals surface area (Å²) in [7, 11) is 0. The Morgan fingerprint density at radius 2 is 2.04 bits per heavy atom. The first-order valence-corrected chi connectivity index (χ1v) is 11.1. The maximum atomic E-state index is 12.4. The zero-order valence-electron chi connectivity index (χ0n) is 17.4. The van der Waals surface area contributed by atoms with Gasteiger partial charge in [0.05, 0.1) is 0 Å². The normalized spacial score (nSPS) is 22.4. The molecule has 1 aliphatic rings. The molecule has 0 unspecified atom stereocenters. The van der Waals surface area contributed by atoms with Crippen molar-refractivity contribution in [3.05, 3.63) is 29.3 Å². The van der Waals surface area contributed by atoms with E-state index >= 15 is 0 Å².